The molecule has 24 heavy (non-hydrogen) atoms. The fraction of sp³-hybridized carbons (Fsp3) is 0.182. The second-order valence-electron chi connectivity index (χ2n) is 6.48. The van der Waals surface area contributed by atoms with Crippen molar-refractivity contribution in [2.75, 3.05) is 4.90 Å². The molecule has 0 spiro atoms. The molecule has 2 heteroatoms. The van der Waals surface area contributed by atoms with E-state index in [2.05, 4.69) is 86.3 Å². The van der Waals surface area contributed by atoms with Gasteiger partial charge in [-0.05, 0) is 44.0 Å². The van der Waals surface area contributed by atoms with Gasteiger partial charge in [0, 0.05) is 44.1 Å². The Labute approximate surface area is 169 Å². The van der Waals surface area contributed by atoms with Crippen LogP contribution < -0.4 is 4.90 Å². The minimum Gasteiger partial charge on any atom is -0.365 e. The average molecular weight is 387 g/mol. The second kappa shape index (κ2) is 6.82. The van der Waals surface area contributed by atoms with Crippen molar-refractivity contribution in [3.05, 3.63) is 88.5 Å². The molecule has 0 amide bonds. The van der Waals surface area contributed by atoms with E-state index < -0.39 is 0 Å². The third kappa shape index (κ3) is 2.96. The van der Waals surface area contributed by atoms with Gasteiger partial charge in [0.2, 0.25) is 0 Å². The third-order valence-electron chi connectivity index (χ3n) is 4.68. The first-order valence-corrected chi connectivity index (χ1v) is 8.09. The summed E-state index contributed by atoms with van der Waals surface area (Å²) in [5, 5.41) is 0. The van der Waals surface area contributed by atoms with Crippen molar-refractivity contribution in [2.24, 2.45) is 0 Å². The van der Waals surface area contributed by atoms with E-state index in [0.717, 1.165) is 6.42 Å². The van der Waals surface area contributed by atoms with Gasteiger partial charge in [0.15, 0.2) is 0 Å². The van der Waals surface area contributed by atoms with Crippen LogP contribution in [0.15, 0.2) is 54.6 Å². The van der Waals surface area contributed by atoms with Crippen LogP contribution in [0.5, 0.6) is 0 Å². The quantitative estimate of drug-likeness (QED) is 0.374. The Hall–Kier alpha value is -1.44. The minimum absolute atomic E-state index is 0. The Kier molecular flexibility index (Phi) is 4.94. The number of rotatable bonds is 1. The summed E-state index contributed by atoms with van der Waals surface area (Å²) in [5.41, 5.74) is 10.5. The molecule has 1 radical (unpaired) electrons. The zero-order valence-electron chi connectivity index (χ0n) is 14.4. The third-order valence-corrected chi connectivity index (χ3v) is 4.68. The summed E-state index contributed by atoms with van der Waals surface area (Å²) in [4.78, 5) is 2.37. The molecule has 4 rings (SSSR count). The molecule has 3 aromatic rings. The number of nitrogens with zero attached hydrogens (tertiary/aromatic N) is 1. The summed E-state index contributed by atoms with van der Waals surface area (Å²) in [5.74, 6) is 0. The molecule has 0 saturated heterocycles. The zero-order valence-corrected chi connectivity index (χ0v) is 17.3. The van der Waals surface area contributed by atoms with Crippen molar-refractivity contribution in [3.63, 3.8) is 0 Å². The van der Waals surface area contributed by atoms with E-state index in [4.69, 9.17) is 0 Å². The number of hydrogen-bond donors (Lipinski definition) is 0. The minimum atomic E-state index is 0. The zero-order chi connectivity index (χ0) is 16.0. The first-order chi connectivity index (χ1) is 11.1. The molecule has 0 unspecified atom stereocenters. The monoisotopic (exact) mass is 387 g/mol. The van der Waals surface area contributed by atoms with Gasteiger partial charge in [-0.3, -0.25) is 0 Å². The van der Waals surface area contributed by atoms with Crippen LogP contribution in [-0.2, 0) is 39.1 Å². The Bertz CT molecular complexity index is 881. The van der Waals surface area contributed by atoms with Gasteiger partial charge in [0.1, 0.15) is 0 Å². The normalized spacial score (nSPS) is 12.2. The van der Waals surface area contributed by atoms with Crippen molar-refractivity contribution < 1.29 is 32.7 Å². The van der Waals surface area contributed by atoms with Crippen LogP contribution >= 0.6 is 0 Å². The van der Waals surface area contributed by atoms with Gasteiger partial charge in [-0.15, -0.1) is 5.56 Å². The summed E-state index contributed by atoms with van der Waals surface area (Å²) in [7, 11) is 0. The van der Waals surface area contributed by atoms with Crippen molar-refractivity contribution in [1.82, 2.24) is 0 Å². The van der Waals surface area contributed by atoms with Crippen LogP contribution in [0, 0.1) is 26.8 Å². The molecule has 0 fully saturated rings. The van der Waals surface area contributed by atoms with Crippen molar-refractivity contribution in [3.8, 4) is 0 Å². The number of fused-ring (bicyclic) bond motifs is 2. The van der Waals surface area contributed by atoms with Crippen LogP contribution in [0.4, 0.5) is 17.1 Å². The van der Waals surface area contributed by atoms with Gasteiger partial charge in [-0.1, -0.05) is 48.0 Å². The van der Waals surface area contributed by atoms with Crippen molar-refractivity contribution >= 4 is 17.1 Å². The van der Waals surface area contributed by atoms with Crippen LogP contribution in [0.2, 0.25) is 0 Å². The number of anilines is 3. The Balaban J connectivity index is 0.00000169. The standard InChI is InChI=1S/C22H20N.Y/c1-15-7-10-19(11-8-15)23-21-12-9-16(2)13-18(21)14-20-17(3)5-4-6-22(20)23;/h5-13H,14H2,1-3H3;/q-1;. The smallest absolute Gasteiger partial charge is 0.0379 e. The topological polar surface area (TPSA) is 3.24 Å². The van der Waals surface area contributed by atoms with E-state index in [1.807, 2.05) is 0 Å². The molecule has 0 bridgehead atoms. The van der Waals surface area contributed by atoms with E-state index in [1.54, 1.807) is 0 Å². The van der Waals surface area contributed by atoms with Crippen LogP contribution in [-0.4, -0.2) is 0 Å². The molecule has 1 aliphatic heterocycles. The predicted molar refractivity (Wildman–Crippen MR) is 97.0 cm³/mol. The molecule has 0 aromatic heterocycles. The van der Waals surface area contributed by atoms with Gasteiger partial charge in [0.05, 0.1) is 0 Å². The van der Waals surface area contributed by atoms with E-state index in [-0.39, 0.29) is 32.7 Å². The molecular formula is C22H20NY-. The van der Waals surface area contributed by atoms with Gasteiger partial charge >= 0.3 is 0 Å². The molecule has 3 aromatic carbocycles. The van der Waals surface area contributed by atoms with Gasteiger partial charge in [0.25, 0.3) is 0 Å². The largest absolute Gasteiger partial charge is 0.365 e. The van der Waals surface area contributed by atoms with Crippen molar-refractivity contribution in [1.29, 1.82) is 0 Å². The maximum Gasteiger partial charge on any atom is 0.0379 e. The van der Waals surface area contributed by atoms with Gasteiger partial charge in [-0.25, -0.2) is 0 Å². The number of hydrogen-bond acceptors (Lipinski definition) is 1. The molecule has 0 atom stereocenters. The fourth-order valence-electron chi connectivity index (χ4n) is 3.42. The summed E-state index contributed by atoms with van der Waals surface area (Å²) in [6, 6.07) is 23.0. The first-order valence-electron chi connectivity index (χ1n) is 8.09. The summed E-state index contributed by atoms with van der Waals surface area (Å²) >= 11 is 0. The second-order valence-corrected chi connectivity index (χ2v) is 6.48. The average Bonchev–Trinajstić information content (AvgIpc) is 2.54. The first kappa shape index (κ1) is 17.4. The van der Waals surface area contributed by atoms with Crippen molar-refractivity contribution in [2.45, 2.75) is 27.2 Å². The predicted octanol–water partition coefficient (Wildman–Crippen LogP) is 5.78. The molecular weight excluding hydrogens is 367 g/mol. The van der Waals surface area contributed by atoms with E-state index in [0.29, 0.717) is 0 Å². The maximum absolute atomic E-state index is 3.30. The van der Waals surface area contributed by atoms with Crippen LogP contribution in [0.25, 0.3) is 0 Å². The van der Waals surface area contributed by atoms with Gasteiger partial charge in [-0.2, -0.15) is 23.8 Å². The Morgan fingerprint density at radius 3 is 2.29 bits per heavy atom. The molecule has 117 valence electrons. The molecule has 1 aliphatic rings. The maximum atomic E-state index is 3.30. The van der Waals surface area contributed by atoms with Gasteiger partial charge < -0.3 is 4.90 Å². The molecule has 0 aliphatic carbocycles. The molecule has 0 N–H and O–H groups in total. The Morgan fingerprint density at radius 1 is 0.833 bits per heavy atom. The summed E-state index contributed by atoms with van der Waals surface area (Å²) < 4.78 is 0. The van der Waals surface area contributed by atoms with Crippen LogP contribution in [0.3, 0.4) is 0 Å². The van der Waals surface area contributed by atoms with E-state index >= 15 is 0 Å². The van der Waals surface area contributed by atoms with E-state index in [1.165, 1.54) is 44.9 Å². The fourth-order valence-corrected chi connectivity index (χ4v) is 3.42. The summed E-state index contributed by atoms with van der Waals surface area (Å²) in [6.45, 7) is 6.48. The molecule has 1 heterocycles. The molecule has 0 saturated carbocycles. The molecule has 1 nitrogen and oxygen atoms in total. The van der Waals surface area contributed by atoms with E-state index in [9.17, 15) is 0 Å². The van der Waals surface area contributed by atoms with Crippen LogP contribution in [0.1, 0.15) is 27.8 Å². The summed E-state index contributed by atoms with van der Waals surface area (Å²) in [6.07, 6.45) is 0.995. The number of aryl methyl sites for hydroxylation is 3. The number of benzene rings is 3. The Morgan fingerprint density at radius 2 is 1.54 bits per heavy atom. The SMILES string of the molecule is Cc1ccc(N2c3ccc(C)cc3Cc3c(C)c[c-]cc32)cc1.[Y].